The Balaban J connectivity index is 2.89. The predicted molar refractivity (Wildman–Crippen MR) is 69.2 cm³/mol. The average molecular weight is 307 g/mol. The lowest BCUT2D eigenvalue weighted by Crippen LogP contribution is -2.38. The van der Waals surface area contributed by atoms with Gasteiger partial charge in [0, 0.05) is 18.2 Å². The summed E-state index contributed by atoms with van der Waals surface area (Å²) in [6.07, 6.45) is 0.325. The lowest BCUT2D eigenvalue weighted by atomic mass is 10.0. The van der Waals surface area contributed by atoms with E-state index in [2.05, 4.69) is 21.2 Å². The van der Waals surface area contributed by atoms with E-state index in [1.54, 1.807) is 7.05 Å². The van der Waals surface area contributed by atoms with Crippen molar-refractivity contribution in [3.63, 3.8) is 0 Å². The van der Waals surface area contributed by atoms with E-state index in [4.69, 9.17) is 0 Å². The smallest absolute Gasteiger partial charge is 0.143 e. The standard InChI is InChI=1S/C12H17BrF2N2/c1-16-8(7-17(2)3)6-9-11(14)5-4-10(13)12(9)15/h4-5,8,16H,6-7H2,1-3H3. The normalized spacial score (nSPS) is 13.1. The number of halogens is 3. The third kappa shape index (κ3) is 4.01. The maximum Gasteiger partial charge on any atom is 0.143 e. The van der Waals surface area contributed by atoms with Gasteiger partial charge in [0.1, 0.15) is 11.6 Å². The molecule has 96 valence electrons. The highest BCUT2D eigenvalue weighted by molar-refractivity contribution is 9.10. The molecule has 0 bridgehead atoms. The van der Waals surface area contributed by atoms with Crippen LogP contribution < -0.4 is 5.32 Å². The molecule has 0 aliphatic rings. The van der Waals surface area contributed by atoms with Crippen LogP contribution in [0.3, 0.4) is 0 Å². The Morgan fingerprint density at radius 3 is 2.53 bits per heavy atom. The minimum absolute atomic E-state index is 0.0169. The van der Waals surface area contributed by atoms with Crippen LogP contribution >= 0.6 is 15.9 Å². The van der Waals surface area contributed by atoms with Crippen molar-refractivity contribution in [3.05, 3.63) is 33.8 Å². The number of likely N-dealkylation sites (N-methyl/N-ethyl adjacent to an activating group) is 2. The number of hydrogen-bond acceptors (Lipinski definition) is 2. The van der Waals surface area contributed by atoms with E-state index in [0.717, 1.165) is 6.54 Å². The fourth-order valence-corrected chi connectivity index (χ4v) is 2.07. The molecule has 1 rings (SSSR count). The number of benzene rings is 1. The summed E-state index contributed by atoms with van der Waals surface area (Å²) in [6.45, 7) is 0.724. The first-order chi connectivity index (χ1) is 7.95. The highest BCUT2D eigenvalue weighted by Crippen LogP contribution is 2.22. The van der Waals surface area contributed by atoms with Gasteiger partial charge in [-0.15, -0.1) is 0 Å². The van der Waals surface area contributed by atoms with Crippen molar-refractivity contribution in [2.45, 2.75) is 12.5 Å². The second kappa shape index (κ2) is 6.42. The van der Waals surface area contributed by atoms with Crippen molar-refractivity contribution >= 4 is 15.9 Å². The fraction of sp³-hybridized carbons (Fsp3) is 0.500. The molecular formula is C12H17BrF2N2. The fourth-order valence-electron chi connectivity index (χ4n) is 1.70. The molecule has 17 heavy (non-hydrogen) atoms. The van der Waals surface area contributed by atoms with Crippen molar-refractivity contribution < 1.29 is 8.78 Å². The van der Waals surface area contributed by atoms with Gasteiger partial charge in [0.25, 0.3) is 0 Å². The highest BCUT2D eigenvalue weighted by atomic mass is 79.9. The van der Waals surface area contributed by atoms with Crippen LogP contribution in [0, 0.1) is 11.6 Å². The molecule has 0 radical (unpaired) electrons. The average Bonchev–Trinajstić information content (AvgIpc) is 2.27. The van der Waals surface area contributed by atoms with Gasteiger partial charge in [-0.3, -0.25) is 0 Å². The summed E-state index contributed by atoms with van der Waals surface area (Å²) < 4.78 is 27.6. The molecule has 1 unspecified atom stereocenters. The molecule has 0 aromatic heterocycles. The SMILES string of the molecule is CNC(Cc1c(F)ccc(Br)c1F)CN(C)C. The Kier molecular flexibility index (Phi) is 5.49. The van der Waals surface area contributed by atoms with E-state index in [9.17, 15) is 8.78 Å². The van der Waals surface area contributed by atoms with Gasteiger partial charge < -0.3 is 10.2 Å². The summed E-state index contributed by atoms with van der Waals surface area (Å²) >= 11 is 3.07. The van der Waals surface area contributed by atoms with Gasteiger partial charge in [0.05, 0.1) is 4.47 Å². The maximum absolute atomic E-state index is 13.8. The van der Waals surface area contributed by atoms with Crippen molar-refractivity contribution in [1.82, 2.24) is 10.2 Å². The van der Waals surface area contributed by atoms with Gasteiger partial charge in [-0.2, -0.15) is 0 Å². The number of nitrogens with one attached hydrogen (secondary N) is 1. The van der Waals surface area contributed by atoms with E-state index in [0.29, 0.717) is 10.9 Å². The number of hydrogen-bond donors (Lipinski definition) is 1. The molecule has 1 aromatic rings. The van der Waals surface area contributed by atoms with Crippen LogP contribution in [0.25, 0.3) is 0 Å². The van der Waals surface area contributed by atoms with Crippen LogP contribution in [-0.2, 0) is 6.42 Å². The van der Waals surface area contributed by atoms with Crippen LogP contribution in [0.4, 0.5) is 8.78 Å². The topological polar surface area (TPSA) is 15.3 Å². The molecule has 0 heterocycles. The molecule has 0 saturated carbocycles. The summed E-state index contributed by atoms with van der Waals surface area (Å²) in [5.41, 5.74) is 0.126. The number of rotatable bonds is 5. The highest BCUT2D eigenvalue weighted by Gasteiger charge is 2.17. The second-order valence-corrected chi connectivity index (χ2v) is 5.13. The summed E-state index contributed by atoms with van der Waals surface area (Å²) in [7, 11) is 5.65. The molecule has 1 N–H and O–H groups in total. The van der Waals surface area contributed by atoms with Crippen molar-refractivity contribution in [2.24, 2.45) is 0 Å². The molecule has 0 aliphatic heterocycles. The third-order valence-corrected chi connectivity index (χ3v) is 3.20. The zero-order chi connectivity index (χ0) is 13.0. The van der Waals surface area contributed by atoms with Gasteiger partial charge in [0.2, 0.25) is 0 Å². The minimum Gasteiger partial charge on any atom is -0.315 e. The zero-order valence-corrected chi connectivity index (χ0v) is 11.8. The largest absolute Gasteiger partial charge is 0.315 e. The van der Waals surface area contributed by atoms with E-state index in [1.807, 2.05) is 19.0 Å². The Morgan fingerprint density at radius 2 is 2.00 bits per heavy atom. The van der Waals surface area contributed by atoms with Gasteiger partial charge in [-0.05, 0) is 55.6 Å². The Bertz CT molecular complexity index is 383. The van der Waals surface area contributed by atoms with Crippen molar-refractivity contribution in [3.8, 4) is 0 Å². The zero-order valence-electron chi connectivity index (χ0n) is 10.2. The second-order valence-electron chi connectivity index (χ2n) is 4.27. The molecule has 2 nitrogen and oxygen atoms in total. The Labute approximate surface area is 109 Å². The molecule has 5 heteroatoms. The molecule has 0 saturated heterocycles. The molecule has 0 amide bonds. The summed E-state index contributed by atoms with van der Waals surface area (Å²) in [5.74, 6) is -1.01. The van der Waals surface area contributed by atoms with Gasteiger partial charge >= 0.3 is 0 Å². The van der Waals surface area contributed by atoms with Crippen LogP contribution in [0.5, 0.6) is 0 Å². The first-order valence-corrected chi connectivity index (χ1v) is 6.19. The molecule has 0 fully saturated rings. The maximum atomic E-state index is 13.8. The van der Waals surface area contributed by atoms with Gasteiger partial charge in [-0.1, -0.05) is 0 Å². The Hall–Kier alpha value is -0.520. The van der Waals surface area contributed by atoms with E-state index in [1.165, 1.54) is 12.1 Å². The van der Waals surface area contributed by atoms with Gasteiger partial charge in [-0.25, -0.2) is 8.78 Å². The molecule has 0 aliphatic carbocycles. The lowest BCUT2D eigenvalue weighted by Gasteiger charge is -2.21. The molecular weight excluding hydrogens is 290 g/mol. The van der Waals surface area contributed by atoms with E-state index >= 15 is 0 Å². The van der Waals surface area contributed by atoms with Crippen LogP contribution in [0.1, 0.15) is 5.56 Å². The van der Waals surface area contributed by atoms with Crippen LogP contribution in [0.15, 0.2) is 16.6 Å². The van der Waals surface area contributed by atoms with Gasteiger partial charge in [0.15, 0.2) is 0 Å². The lowest BCUT2D eigenvalue weighted by molar-refractivity contribution is 0.342. The monoisotopic (exact) mass is 306 g/mol. The summed E-state index contributed by atoms with van der Waals surface area (Å²) in [6, 6.07) is 2.68. The van der Waals surface area contributed by atoms with Crippen LogP contribution in [0.2, 0.25) is 0 Å². The van der Waals surface area contributed by atoms with E-state index in [-0.39, 0.29) is 11.6 Å². The van der Waals surface area contributed by atoms with Crippen LogP contribution in [-0.4, -0.2) is 38.6 Å². The summed E-state index contributed by atoms with van der Waals surface area (Å²) in [4.78, 5) is 1.98. The van der Waals surface area contributed by atoms with Crippen molar-refractivity contribution in [1.29, 1.82) is 0 Å². The molecule has 0 spiro atoms. The van der Waals surface area contributed by atoms with E-state index < -0.39 is 11.6 Å². The Morgan fingerprint density at radius 1 is 1.35 bits per heavy atom. The van der Waals surface area contributed by atoms with Crippen molar-refractivity contribution in [2.75, 3.05) is 27.7 Å². The quantitative estimate of drug-likeness (QED) is 0.841. The summed E-state index contributed by atoms with van der Waals surface area (Å²) in [5, 5.41) is 3.07. The molecule has 1 atom stereocenters. The first-order valence-electron chi connectivity index (χ1n) is 5.40. The minimum atomic E-state index is -0.510. The third-order valence-electron chi connectivity index (χ3n) is 2.58. The molecule has 1 aromatic carbocycles. The predicted octanol–water partition coefficient (Wildman–Crippen LogP) is 2.42. The number of nitrogens with zero attached hydrogens (tertiary/aromatic N) is 1. The first kappa shape index (κ1) is 14.5.